The Kier molecular flexibility index (Phi) is 5.34. The van der Waals surface area contributed by atoms with Gasteiger partial charge in [0.15, 0.2) is 0 Å². The van der Waals surface area contributed by atoms with Crippen LogP contribution in [0.15, 0.2) is 59.5 Å². The predicted octanol–water partition coefficient (Wildman–Crippen LogP) is 3.90. The number of imide groups is 1. The summed E-state index contributed by atoms with van der Waals surface area (Å²) in [5.41, 5.74) is 2.03. The molecule has 0 aliphatic carbocycles. The minimum absolute atomic E-state index is 0.257. The van der Waals surface area contributed by atoms with Crippen LogP contribution in [0.25, 0.3) is 5.57 Å². The smallest absolute Gasteiger partial charge is 0.267 e. The topological polar surface area (TPSA) is 37.4 Å². The molecule has 1 aliphatic rings. The Morgan fingerprint density at radius 3 is 2.28 bits per heavy atom. The van der Waals surface area contributed by atoms with Gasteiger partial charge >= 0.3 is 0 Å². The van der Waals surface area contributed by atoms with Gasteiger partial charge in [-0.1, -0.05) is 49.4 Å². The van der Waals surface area contributed by atoms with Gasteiger partial charge in [-0.3, -0.25) is 14.5 Å². The Hall–Kier alpha value is -2.40. The number of carbonyl (C=O) groups is 2. The van der Waals surface area contributed by atoms with Gasteiger partial charge in [-0.15, -0.1) is 11.8 Å². The number of thioether (sulfide) groups is 1. The van der Waals surface area contributed by atoms with Crippen LogP contribution < -0.4 is 0 Å². The summed E-state index contributed by atoms with van der Waals surface area (Å²) in [7, 11) is 0. The molecule has 3 rings (SSSR count). The first kappa shape index (κ1) is 17.4. The third-order valence-electron chi connectivity index (χ3n) is 4.01. The minimum Gasteiger partial charge on any atom is -0.274 e. The van der Waals surface area contributed by atoms with Crippen molar-refractivity contribution in [3.8, 4) is 0 Å². The quantitative estimate of drug-likeness (QED) is 0.738. The number of amides is 2. The molecule has 0 spiro atoms. The predicted molar refractivity (Wildman–Crippen MR) is 98.3 cm³/mol. The average molecular weight is 355 g/mol. The average Bonchev–Trinajstić information content (AvgIpc) is 2.86. The fourth-order valence-electron chi connectivity index (χ4n) is 2.79. The number of hydrogen-bond donors (Lipinski definition) is 0. The van der Waals surface area contributed by atoms with Crippen molar-refractivity contribution in [3.05, 3.63) is 76.4 Å². The summed E-state index contributed by atoms with van der Waals surface area (Å²) < 4.78 is 13.2. The zero-order valence-corrected chi connectivity index (χ0v) is 14.7. The van der Waals surface area contributed by atoms with E-state index in [-0.39, 0.29) is 17.6 Å². The van der Waals surface area contributed by atoms with E-state index in [1.54, 1.807) is 12.1 Å². The highest BCUT2D eigenvalue weighted by Gasteiger charge is 2.38. The Bertz CT molecular complexity index is 815. The molecule has 128 valence electrons. The second kappa shape index (κ2) is 7.66. The first-order chi connectivity index (χ1) is 12.1. The summed E-state index contributed by atoms with van der Waals surface area (Å²) in [6, 6.07) is 15.5. The van der Waals surface area contributed by atoms with Crippen molar-refractivity contribution in [2.24, 2.45) is 0 Å². The van der Waals surface area contributed by atoms with E-state index in [2.05, 4.69) is 0 Å². The highest BCUT2D eigenvalue weighted by molar-refractivity contribution is 8.04. The SMILES string of the molecule is CCSC1=C(c2ccc(F)cc2)C(=O)N(CCc2ccccc2)C1=O. The van der Waals surface area contributed by atoms with Gasteiger partial charge in [0, 0.05) is 6.54 Å². The van der Waals surface area contributed by atoms with Crippen molar-refractivity contribution >= 4 is 29.1 Å². The Balaban J connectivity index is 1.86. The fraction of sp³-hybridized carbons (Fsp3) is 0.200. The van der Waals surface area contributed by atoms with E-state index in [1.165, 1.54) is 28.8 Å². The summed E-state index contributed by atoms with van der Waals surface area (Å²) in [5.74, 6) is -0.242. The standard InChI is InChI=1S/C20H18FNO2S/c1-2-25-18-17(15-8-10-16(21)11-9-15)19(23)22(20(18)24)13-12-14-6-4-3-5-7-14/h3-11H,2,12-13H2,1H3. The van der Waals surface area contributed by atoms with Crippen LogP contribution in [-0.4, -0.2) is 29.0 Å². The molecule has 3 nitrogen and oxygen atoms in total. The number of carbonyl (C=O) groups excluding carboxylic acids is 2. The highest BCUT2D eigenvalue weighted by Crippen LogP contribution is 2.36. The van der Waals surface area contributed by atoms with Gasteiger partial charge in [-0.2, -0.15) is 0 Å². The third kappa shape index (κ3) is 3.66. The van der Waals surface area contributed by atoms with Gasteiger partial charge in [0.1, 0.15) is 5.82 Å². The Morgan fingerprint density at radius 2 is 1.64 bits per heavy atom. The highest BCUT2D eigenvalue weighted by atomic mass is 32.2. The van der Waals surface area contributed by atoms with Crippen molar-refractivity contribution in [2.45, 2.75) is 13.3 Å². The van der Waals surface area contributed by atoms with Gasteiger partial charge in [0.2, 0.25) is 0 Å². The van der Waals surface area contributed by atoms with Crippen LogP contribution in [0, 0.1) is 5.82 Å². The lowest BCUT2D eigenvalue weighted by molar-refractivity contribution is -0.136. The van der Waals surface area contributed by atoms with E-state index in [9.17, 15) is 14.0 Å². The van der Waals surface area contributed by atoms with Crippen molar-refractivity contribution in [1.82, 2.24) is 4.90 Å². The molecule has 0 unspecified atom stereocenters. The molecule has 2 aromatic carbocycles. The molecule has 0 N–H and O–H groups in total. The van der Waals surface area contributed by atoms with Crippen molar-refractivity contribution in [3.63, 3.8) is 0 Å². The van der Waals surface area contributed by atoms with E-state index < -0.39 is 0 Å². The molecule has 0 fully saturated rings. The van der Waals surface area contributed by atoms with Gasteiger partial charge in [0.05, 0.1) is 10.5 Å². The van der Waals surface area contributed by atoms with Crippen LogP contribution in [0.3, 0.4) is 0 Å². The van der Waals surface area contributed by atoms with E-state index in [0.717, 1.165) is 5.56 Å². The zero-order chi connectivity index (χ0) is 17.8. The lowest BCUT2D eigenvalue weighted by Gasteiger charge is -2.15. The number of nitrogens with zero attached hydrogens (tertiary/aromatic N) is 1. The number of rotatable bonds is 6. The minimum atomic E-state index is -0.369. The maximum atomic E-state index is 13.2. The van der Waals surface area contributed by atoms with Crippen LogP contribution in [0.2, 0.25) is 0 Å². The molecule has 2 amide bonds. The maximum Gasteiger partial charge on any atom is 0.267 e. The van der Waals surface area contributed by atoms with E-state index in [0.29, 0.717) is 34.8 Å². The largest absolute Gasteiger partial charge is 0.274 e. The number of benzene rings is 2. The van der Waals surface area contributed by atoms with Gasteiger partial charge in [-0.05, 0) is 35.4 Å². The summed E-state index contributed by atoms with van der Waals surface area (Å²) in [6.45, 7) is 2.27. The monoisotopic (exact) mass is 355 g/mol. The Labute approximate surface area is 150 Å². The van der Waals surface area contributed by atoms with Crippen LogP contribution in [0.5, 0.6) is 0 Å². The first-order valence-corrected chi connectivity index (χ1v) is 9.13. The Morgan fingerprint density at radius 1 is 0.960 bits per heavy atom. The third-order valence-corrected chi connectivity index (χ3v) is 4.97. The van der Waals surface area contributed by atoms with Gasteiger partial charge in [0.25, 0.3) is 11.8 Å². The van der Waals surface area contributed by atoms with E-state index in [4.69, 9.17) is 0 Å². The molecule has 5 heteroatoms. The molecule has 2 aromatic rings. The van der Waals surface area contributed by atoms with Crippen LogP contribution in [-0.2, 0) is 16.0 Å². The second-order valence-corrected chi connectivity index (χ2v) is 6.92. The zero-order valence-electron chi connectivity index (χ0n) is 13.9. The summed E-state index contributed by atoms with van der Waals surface area (Å²) in [4.78, 5) is 27.3. The molecule has 25 heavy (non-hydrogen) atoms. The van der Waals surface area contributed by atoms with E-state index in [1.807, 2.05) is 37.3 Å². The van der Waals surface area contributed by atoms with Crippen LogP contribution >= 0.6 is 11.8 Å². The van der Waals surface area contributed by atoms with Crippen LogP contribution in [0.1, 0.15) is 18.1 Å². The molecule has 0 saturated heterocycles. The molecule has 0 saturated carbocycles. The molecule has 0 bridgehead atoms. The van der Waals surface area contributed by atoms with E-state index >= 15 is 0 Å². The lowest BCUT2D eigenvalue weighted by Crippen LogP contribution is -2.33. The second-order valence-electron chi connectivity index (χ2n) is 5.64. The molecule has 1 aliphatic heterocycles. The van der Waals surface area contributed by atoms with Gasteiger partial charge < -0.3 is 0 Å². The molecular weight excluding hydrogens is 337 g/mol. The number of halogens is 1. The normalized spacial score (nSPS) is 14.6. The summed E-state index contributed by atoms with van der Waals surface area (Å²) >= 11 is 1.36. The van der Waals surface area contributed by atoms with Crippen molar-refractivity contribution in [2.75, 3.05) is 12.3 Å². The molecule has 0 aromatic heterocycles. The molecular formula is C20H18FNO2S. The van der Waals surface area contributed by atoms with Gasteiger partial charge in [-0.25, -0.2) is 4.39 Å². The van der Waals surface area contributed by atoms with Crippen LogP contribution in [0.4, 0.5) is 4.39 Å². The summed E-state index contributed by atoms with van der Waals surface area (Å²) in [6.07, 6.45) is 0.610. The number of hydrogen-bond acceptors (Lipinski definition) is 3. The maximum absolute atomic E-state index is 13.2. The lowest BCUT2D eigenvalue weighted by atomic mass is 10.1. The molecule has 1 heterocycles. The fourth-order valence-corrected chi connectivity index (χ4v) is 3.66. The molecule has 0 atom stereocenters. The molecule has 0 radical (unpaired) electrons. The first-order valence-electron chi connectivity index (χ1n) is 8.15. The van der Waals surface area contributed by atoms with Crippen molar-refractivity contribution < 1.29 is 14.0 Å². The van der Waals surface area contributed by atoms with Crippen molar-refractivity contribution in [1.29, 1.82) is 0 Å². The summed E-state index contributed by atoms with van der Waals surface area (Å²) in [5, 5.41) is 0.